The van der Waals surface area contributed by atoms with Crippen molar-refractivity contribution in [3.8, 4) is 0 Å². The molecule has 0 saturated heterocycles. The van der Waals surface area contributed by atoms with Crippen molar-refractivity contribution in [3.63, 3.8) is 0 Å². The molecule has 1 aromatic heterocycles. The molecule has 1 aromatic rings. The number of aromatic carboxylic acids is 1. The van der Waals surface area contributed by atoms with Gasteiger partial charge < -0.3 is 19.7 Å². The van der Waals surface area contributed by atoms with E-state index in [9.17, 15) is 4.79 Å². The zero-order valence-electron chi connectivity index (χ0n) is 9.40. The Hall–Kier alpha value is -1.40. The summed E-state index contributed by atoms with van der Waals surface area (Å²) in [5, 5.41) is 15.2. The molecule has 0 bridgehead atoms. The zero-order valence-corrected chi connectivity index (χ0v) is 9.40. The molecule has 90 valence electrons. The minimum absolute atomic E-state index is 0.0726. The van der Waals surface area contributed by atoms with Crippen molar-refractivity contribution in [2.45, 2.75) is 25.9 Å². The molecule has 2 N–H and O–H groups in total. The first kappa shape index (κ1) is 12.7. The first-order chi connectivity index (χ1) is 7.67. The number of rotatable bonds is 7. The van der Waals surface area contributed by atoms with Crippen LogP contribution >= 0.6 is 0 Å². The Balaban J connectivity index is 2.44. The van der Waals surface area contributed by atoms with Crippen molar-refractivity contribution in [1.29, 1.82) is 0 Å². The zero-order chi connectivity index (χ0) is 12.0. The molecular formula is C10H16N2O4. The van der Waals surface area contributed by atoms with Crippen molar-refractivity contribution in [2.24, 2.45) is 0 Å². The number of aromatic nitrogens is 1. The Morgan fingerprint density at radius 1 is 1.75 bits per heavy atom. The molecule has 1 atom stereocenters. The van der Waals surface area contributed by atoms with Crippen LogP contribution in [0.5, 0.6) is 0 Å². The maximum Gasteiger partial charge on any atom is 0.358 e. The molecule has 0 radical (unpaired) electrons. The Bertz CT molecular complexity index is 337. The Labute approximate surface area is 93.6 Å². The second-order valence-electron chi connectivity index (χ2n) is 3.43. The minimum atomic E-state index is -1.08. The summed E-state index contributed by atoms with van der Waals surface area (Å²) in [5.41, 5.74) is -0.0726. The van der Waals surface area contributed by atoms with Gasteiger partial charge in [0, 0.05) is 19.2 Å². The van der Waals surface area contributed by atoms with Crippen LogP contribution in [0.3, 0.4) is 0 Å². The highest BCUT2D eigenvalue weighted by atomic mass is 16.5. The van der Waals surface area contributed by atoms with Crippen molar-refractivity contribution >= 4 is 5.97 Å². The first-order valence-corrected chi connectivity index (χ1v) is 5.08. The number of ether oxygens (including phenoxy) is 1. The summed E-state index contributed by atoms with van der Waals surface area (Å²) in [6.07, 6.45) is 0.924. The van der Waals surface area contributed by atoms with Gasteiger partial charge in [0.1, 0.15) is 0 Å². The van der Waals surface area contributed by atoms with E-state index in [0.717, 1.165) is 6.42 Å². The van der Waals surface area contributed by atoms with E-state index >= 15 is 0 Å². The fraction of sp³-hybridized carbons (Fsp3) is 0.600. The van der Waals surface area contributed by atoms with Crippen LogP contribution in [-0.4, -0.2) is 36.0 Å². The molecular weight excluding hydrogens is 212 g/mol. The maximum atomic E-state index is 10.5. The lowest BCUT2D eigenvalue weighted by molar-refractivity contribution is 0.0685. The van der Waals surface area contributed by atoms with Gasteiger partial charge in [-0.1, -0.05) is 12.1 Å². The molecule has 6 nitrogen and oxygen atoms in total. The van der Waals surface area contributed by atoms with Crippen LogP contribution in [0.25, 0.3) is 0 Å². The lowest BCUT2D eigenvalue weighted by Crippen LogP contribution is -2.31. The van der Waals surface area contributed by atoms with Crippen LogP contribution in [-0.2, 0) is 11.3 Å². The summed E-state index contributed by atoms with van der Waals surface area (Å²) in [6.45, 7) is 3.10. The molecule has 1 rings (SSSR count). The number of nitrogens with one attached hydrogen (secondary N) is 1. The predicted molar refractivity (Wildman–Crippen MR) is 56.3 cm³/mol. The van der Waals surface area contributed by atoms with Gasteiger partial charge in [-0.05, 0) is 6.42 Å². The molecule has 0 aliphatic rings. The average Bonchev–Trinajstić information content (AvgIpc) is 2.73. The summed E-state index contributed by atoms with van der Waals surface area (Å²) < 4.78 is 9.89. The summed E-state index contributed by atoms with van der Waals surface area (Å²) in [6, 6.07) is 1.64. The Morgan fingerprint density at radius 3 is 3.00 bits per heavy atom. The standard InChI is InChI=1S/C10H16N2O4/c1-3-7(6-15-2)11-5-8-4-9(10(13)14)12-16-8/h4,7,11H,3,5-6H2,1-2H3,(H,13,14). The van der Waals surface area contributed by atoms with Gasteiger partial charge in [0.15, 0.2) is 11.5 Å². The number of carboxylic acid groups (broad SMARTS) is 1. The molecule has 0 aromatic carbocycles. The summed E-state index contributed by atoms with van der Waals surface area (Å²) in [5.74, 6) is -0.578. The van der Waals surface area contributed by atoms with Crippen LogP contribution in [0.1, 0.15) is 29.6 Å². The smallest absolute Gasteiger partial charge is 0.358 e. The number of nitrogens with zero attached hydrogens (tertiary/aromatic N) is 1. The van der Waals surface area contributed by atoms with Crippen LogP contribution in [0.2, 0.25) is 0 Å². The second kappa shape index (κ2) is 6.24. The fourth-order valence-electron chi connectivity index (χ4n) is 1.26. The van der Waals surface area contributed by atoms with Crippen molar-refractivity contribution in [3.05, 3.63) is 17.5 Å². The van der Waals surface area contributed by atoms with E-state index in [0.29, 0.717) is 18.9 Å². The third kappa shape index (κ3) is 3.63. The SMILES string of the molecule is CCC(COC)NCc1cc(C(=O)O)no1. The molecule has 0 spiro atoms. The van der Waals surface area contributed by atoms with Crippen molar-refractivity contribution < 1.29 is 19.2 Å². The molecule has 6 heteroatoms. The summed E-state index contributed by atoms with van der Waals surface area (Å²) in [7, 11) is 1.64. The third-order valence-corrected chi connectivity index (χ3v) is 2.20. The van der Waals surface area contributed by atoms with Gasteiger partial charge in [0.2, 0.25) is 0 Å². The number of methoxy groups -OCH3 is 1. The highest BCUT2D eigenvalue weighted by Crippen LogP contribution is 2.04. The molecule has 16 heavy (non-hydrogen) atoms. The van der Waals surface area contributed by atoms with Gasteiger partial charge >= 0.3 is 5.97 Å². The number of hydrogen-bond donors (Lipinski definition) is 2. The van der Waals surface area contributed by atoms with E-state index in [1.807, 2.05) is 6.92 Å². The quantitative estimate of drug-likeness (QED) is 0.720. The van der Waals surface area contributed by atoms with Crippen LogP contribution < -0.4 is 5.32 Å². The van der Waals surface area contributed by atoms with E-state index in [4.69, 9.17) is 14.4 Å². The number of carboxylic acids is 1. The van der Waals surface area contributed by atoms with Crippen LogP contribution in [0.4, 0.5) is 0 Å². The van der Waals surface area contributed by atoms with Gasteiger partial charge in [-0.2, -0.15) is 0 Å². The van der Waals surface area contributed by atoms with Gasteiger partial charge in [0.05, 0.1) is 13.2 Å². The van der Waals surface area contributed by atoms with Gasteiger partial charge in [-0.25, -0.2) is 4.79 Å². The summed E-state index contributed by atoms with van der Waals surface area (Å²) in [4.78, 5) is 10.5. The average molecular weight is 228 g/mol. The highest BCUT2D eigenvalue weighted by molar-refractivity contribution is 5.85. The third-order valence-electron chi connectivity index (χ3n) is 2.20. The molecule has 0 aliphatic carbocycles. The number of carbonyl (C=O) groups is 1. The van der Waals surface area contributed by atoms with Gasteiger partial charge in [-0.3, -0.25) is 0 Å². The first-order valence-electron chi connectivity index (χ1n) is 5.08. The normalized spacial score (nSPS) is 12.6. The van der Waals surface area contributed by atoms with Gasteiger partial charge in [-0.15, -0.1) is 0 Å². The Kier molecular flexibility index (Phi) is 4.94. The van der Waals surface area contributed by atoms with Crippen LogP contribution in [0, 0.1) is 0 Å². The topological polar surface area (TPSA) is 84.6 Å². The van der Waals surface area contributed by atoms with Crippen molar-refractivity contribution in [1.82, 2.24) is 10.5 Å². The van der Waals surface area contributed by atoms with E-state index < -0.39 is 5.97 Å². The van der Waals surface area contributed by atoms with E-state index in [1.165, 1.54) is 6.07 Å². The maximum absolute atomic E-state index is 10.5. The molecule has 1 unspecified atom stereocenters. The van der Waals surface area contributed by atoms with Gasteiger partial charge in [0.25, 0.3) is 0 Å². The van der Waals surface area contributed by atoms with E-state index in [2.05, 4.69) is 10.5 Å². The molecule has 1 heterocycles. The lowest BCUT2D eigenvalue weighted by Gasteiger charge is -2.14. The number of hydrogen-bond acceptors (Lipinski definition) is 5. The predicted octanol–water partition coefficient (Wildman–Crippen LogP) is 0.887. The van der Waals surface area contributed by atoms with E-state index in [1.54, 1.807) is 7.11 Å². The molecule has 0 amide bonds. The van der Waals surface area contributed by atoms with Crippen molar-refractivity contribution in [2.75, 3.05) is 13.7 Å². The molecule has 0 saturated carbocycles. The highest BCUT2D eigenvalue weighted by Gasteiger charge is 2.11. The second-order valence-corrected chi connectivity index (χ2v) is 3.43. The lowest BCUT2D eigenvalue weighted by atomic mass is 10.2. The fourth-order valence-corrected chi connectivity index (χ4v) is 1.26. The van der Waals surface area contributed by atoms with Crippen LogP contribution in [0.15, 0.2) is 10.6 Å². The minimum Gasteiger partial charge on any atom is -0.476 e. The molecule has 0 aliphatic heterocycles. The Morgan fingerprint density at radius 2 is 2.50 bits per heavy atom. The van der Waals surface area contributed by atoms with E-state index in [-0.39, 0.29) is 11.7 Å². The largest absolute Gasteiger partial charge is 0.476 e. The monoisotopic (exact) mass is 228 g/mol. The summed E-state index contributed by atoms with van der Waals surface area (Å²) >= 11 is 0. The molecule has 0 fully saturated rings.